The minimum Gasteiger partial charge on any atom is -0.380 e. The highest BCUT2D eigenvalue weighted by atomic mass is 16.5. The van der Waals surface area contributed by atoms with Gasteiger partial charge in [0.25, 0.3) is 5.91 Å². The van der Waals surface area contributed by atoms with Gasteiger partial charge in [0.15, 0.2) is 0 Å². The molecule has 3 nitrogen and oxygen atoms in total. The van der Waals surface area contributed by atoms with Crippen molar-refractivity contribution in [3.05, 3.63) is 71.3 Å². The van der Waals surface area contributed by atoms with Crippen LogP contribution in [-0.2, 0) is 17.9 Å². The molecule has 1 aliphatic rings. The van der Waals surface area contributed by atoms with Gasteiger partial charge in [0, 0.05) is 25.3 Å². The molecule has 3 rings (SSSR count). The molecule has 0 spiro atoms. The fourth-order valence-corrected chi connectivity index (χ4v) is 3.09. The van der Waals surface area contributed by atoms with E-state index in [0.29, 0.717) is 19.1 Å². The lowest BCUT2D eigenvalue weighted by molar-refractivity contribution is 0.0654. The lowest BCUT2D eigenvalue weighted by Crippen LogP contribution is -2.39. The first-order valence-corrected chi connectivity index (χ1v) is 8.62. The second-order valence-electron chi connectivity index (χ2n) is 6.63. The van der Waals surface area contributed by atoms with Gasteiger partial charge < -0.3 is 9.64 Å². The molecule has 1 fully saturated rings. The number of carbonyl (C=O) groups excluding carboxylic acids is 1. The van der Waals surface area contributed by atoms with Crippen molar-refractivity contribution in [2.45, 2.75) is 39.0 Å². The van der Waals surface area contributed by atoms with Crippen LogP contribution < -0.4 is 0 Å². The molecule has 0 heterocycles. The van der Waals surface area contributed by atoms with Crippen LogP contribution in [0.1, 0.15) is 41.3 Å². The van der Waals surface area contributed by atoms with Crippen LogP contribution in [0.4, 0.5) is 0 Å². The number of amides is 1. The summed E-state index contributed by atoms with van der Waals surface area (Å²) in [6.07, 6.45) is 2.46. The maximum atomic E-state index is 13.1. The number of methoxy groups -OCH3 is 1. The first kappa shape index (κ1) is 16.7. The maximum Gasteiger partial charge on any atom is 0.254 e. The van der Waals surface area contributed by atoms with Crippen LogP contribution in [0, 0.1) is 5.92 Å². The molecule has 1 unspecified atom stereocenters. The molecule has 0 radical (unpaired) electrons. The van der Waals surface area contributed by atoms with Crippen molar-refractivity contribution < 1.29 is 9.53 Å². The van der Waals surface area contributed by atoms with Crippen molar-refractivity contribution in [1.82, 2.24) is 4.90 Å². The fraction of sp³-hybridized carbons (Fsp3) is 0.381. The van der Waals surface area contributed by atoms with Crippen molar-refractivity contribution in [2.24, 2.45) is 5.92 Å². The molecule has 2 aromatic carbocycles. The van der Waals surface area contributed by atoms with E-state index in [-0.39, 0.29) is 11.9 Å². The first-order valence-electron chi connectivity index (χ1n) is 8.62. The largest absolute Gasteiger partial charge is 0.380 e. The summed E-state index contributed by atoms with van der Waals surface area (Å²) in [5.74, 6) is 0.757. The standard InChI is InChI=1S/C21H25NO2/c1-16(19-12-13-19)22(14-17-6-4-3-5-7-17)21(23)20-10-8-18(9-11-20)15-24-2/h3-11,16,19H,12-15H2,1-2H3. The zero-order valence-electron chi connectivity index (χ0n) is 14.4. The van der Waals surface area contributed by atoms with E-state index in [1.54, 1.807) is 7.11 Å². The Morgan fingerprint density at radius 2 is 1.75 bits per heavy atom. The summed E-state index contributed by atoms with van der Waals surface area (Å²) in [5, 5.41) is 0. The predicted octanol–water partition coefficient (Wildman–Crippen LogP) is 4.27. The Kier molecular flexibility index (Phi) is 5.31. The van der Waals surface area contributed by atoms with Crippen LogP contribution in [0.2, 0.25) is 0 Å². The van der Waals surface area contributed by atoms with Gasteiger partial charge in [0.1, 0.15) is 0 Å². The third kappa shape index (κ3) is 4.04. The molecule has 1 saturated carbocycles. The zero-order chi connectivity index (χ0) is 16.9. The minimum absolute atomic E-state index is 0.113. The molecule has 1 atom stereocenters. The van der Waals surface area contributed by atoms with Crippen LogP contribution in [0.15, 0.2) is 54.6 Å². The molecule has 0 aromatic heterocycles. The number of carbonyl (C=O) groups is 1. The fourth-order valence-electron chi connectivity index (χ4n) is 3.09. The molecule has 126 valence electrons. The van der Waals surface area contributed by atoms with Crippen molar-refractivity contribution in [1.29, 1.82) is 0 Å². The van der Waals surface area contributed by atoms with Gasteiger partial charge in [-0.05, 0) is 48.9 Å². The van der Waals surface area contributed by atoms with Gasteiger partial charge in [0.05, 0.1) is 6.61 Å². The average Bonchev–Trinajstić information content (AvgIpc) is 3.45. The summed E-state index contributed by atoms with van der Waals surface area (Å²) < 4.78 is 5.14. The summed E-state index contributed by atoms with van der Waals surface area (Å²) in [7, 11) is 1.68. The van der Waals surface area contributed by atoms with Crippen LogP contribution in [0.5, 0.6) is 0 Å². The van der Waals surface area contributed by atoms with Crippen LogP contribution in [0.3, 0.4) is 0 Å². The molecule has 0 bridgehead atoms. The highest BCUT2D eigenvalue weighted by Crippen LogP contribution is 2.36. The first-order chi connectivity index (χ1) is 11.7. The Bertz CT molecular complexity index is 662. The van der Waals surface area contributed by atoms with E-state index in [9.17, 15) is 4.79 Å². The number of nitrogens with zero attached hydrogens (tertiary/aromatic N) is 1. The molecule has 0 aliphatic heterocycles. The quantitative estimate of drug-likeness (QED) is 0.761. The highest BCUT2D eigenvalue weighted by molar-refractivity contribution is 5.94. The smallest absolute Gasteiger partial charge is 0.254 e. The van der Waals surface area contributed by atoms with Gasteiger partial charge in [-0.1, -0.05) is 42.5 Å². The molecule has 24 heavy (non-hydrogen) atoms. The minimum atomic E-state index is 0.113. The third-order valence-corrected chi connectivity index (χ3v) is 4.76. The Balaban J connectivity index is 1.79. The second kappa shape index (κ2) is 7.63. The van der Waals surface area contributed by atoms with Gasteiger partial charge in [-0.2, -0.15) is 0 Å². The monoisotopic (exact) mass is 323 g/mol. The van der Waals surface area contributed by atoms with Gasteiger partial charge in [0.2, 0.25) is 0 Å². The van der Waals surface area contributed by atoms with Gasteiger partial charge in [-0.15, -0.1) is 0 Å². The van der Waals surface area contributed by atoms with Gasteiger partial charge in [-0.3, -0.25) is 4.79 Å². The molecule has 1 amide bonds. The number of hydrogen-bond acceptors (Lipinski definition) is 2. The SMILES string of the molecule is COCc1ccc(C(=O)N(Cc2ccccc2)C(C)C2CC2)cc1. The van der Waals surface area contributed by atoms with E-state index in [1.165, 1.54) is 18.4 Å². The van der Waals surface area contributed by atoms with Crippen molar-refractivity contribution in [2.75, 3.05) is 7.11 Å². The molecule has 2 aromatic rings. The number of benzene rings is 2. The Morgan fingerprint density at radius 1 is 1.08 bits per heavy atom. The van der Waals surface area contributed by atoms with Crippen LogP contribution in [0.25, 0.3) is 0 Å². The van der Waals surface area contributed by atoms with E-state index in [0.717, 1.165) is 11.1 Å². The Hall–Kier alpha value is -2.13. The number of hydrogen-bond donors (Lipinski definition) is 0. The molecular weight excluding hydrogens is 298 g/mol. The van der Waals surface area contributed by atoms with Crippen LogP contribution in [-0.4, -0.2) is 24.0 Å². The maximum absolute atomic E-state index is 13.1. The number of ether oxygens (including phenoxy) is 1. The van der Waals surface area contributed by atoms with Gasteiger partial charge >= 0.3 is 0 Å². The highest BCUT2D eigenvalue weighted by Gasteiger charge is 2.34. The predicted molar refractivity (Wildman–Crippen MR) is 95.7 cm³/mol. The summed E-state index contributed by atoms with van der Waals surface area (Å²) >= 11 is 0. The lowest BCUT2D eigenvalue weighted by atomic mass is 10.1. The van der Waals surface area contributed by atoms with Crippen molar-refractivity contribution in [3.8, 4) is 0 Å². The summed E-state index contributed by atoms with van der Waals surface area (Å²) in [6.45, 7) is 3.41. The average molecular weight is 323 g/mol. The zero-order valence-corrected chi connectivity index (χ0v) is 14.4. The summed E-state index contributed by atoms with van der Waals surface area (Å²) in [5.41, 5.74) is 3.01. The Labute approximate surface area is 144 Å². The van der Waals surface area contributed by atoms with Crippen molar-refractivity contribution >= 4 is 5.91 Å². The van der Waals surface area contributed by atoms with Crippen molar-refractivity contribution in [3.63, 3.8) is 0 Å². The second-order valence-corrected chi connectivity index (χ2v) is 6.63. The van der Waals surface area contributed by atoms with E-state index in [1.807, 2.05) is 47.4 Å². The molecule has 1 aliphatic carbocycles. The van der Waals surface area contributed by atoms with E-state index in [2.05, 4.69) is 19.1 Å². The van der Waals surface area contributed by atoms with E-state index < -0.39 is 0 Å². The number of rotatable bonds is 7. The summed E-state index contributed by atoms with van der Waals surface area (Å²) in [6, 6.07) is 18.3. The molecule has 3 heteroatoms. The van der Waals surface area contributed by atoms with E-state index in [4.69, 9.17) is 4.74 Å². The van der Waals surface area contributed by atoms with Crippen LogP contribution >= 0.6 is 0 Å². The molecular formula is C21H25NO2. The lowest BCUT2D eigenvalue weighted by Gasteiger charge is -2.30. The topological polar surface area (TPSA) is 29.5 Å². The molecule has 0 N–H and O–H groups in total. The molecule has 0 saturated heterocycles. The normalized spacial score (nSPS) is 15.1. The Morgan fingerprint density at radius 3 is 2.33 bits per heavy atom. The third-order valence-electron chi connectivity index (χ3n) is 4.76. The summed E-state index contributed by atoms with van der Waals surface area (Å²) in [4.78, 5) is 15.1. The van der Waals surface area contributed by atoms with Gasteiger partial charge in [-0.25, -0.2) is 0 Å². The van der Waals surface area contributed by atoms with E-state index >= 15 is 0 Å².